The first-order valence-corrected chi connectivity index (χ1v) is 9.58. The van der Waals surface area contributed by atoms with Crippen LogP contribution in [0.15, 0.2) is 12.1 Å². The number of aromatic nitrogens is 2. The molecule has 4 rings (SSSR count). The minimum Gasteiger partial charge on any atom is -0.505 e. The second-order valence-electron chi connectivity index (χ2n) is 8.00. The third-order valence-electron chi connectivity index (χ3n) is 5.37. The number of phenolic OH excluding ortho intramolecular Hbond substituents is 2. The van der Waals surface area contributed by atoms with E-state index in [4.69, 9.17) is 0 Å². The molecule has 4 N–H and O–H groups in total. The Morgan fingerprint density at radius 3 is 1.87 bits per heavy atom. The molecule has 8 heteroatoms. The number of nitrogens with zero attached hydrogens (tertiary/aromatic N) is 2. The predicted molar refractivity (Wildman–Crippen MR) is 111 cm³/mol. The van der Waals surface area contributed by atoms with E-state index in [1.54, 1.807) is 9.13 Å². The molecule has 8 nitrogen and oxygen atoms in total. The van der Waals surface area contributed by atoms with Crippen LogP contribution in [0.4, 0.5) is 0 Å². The van der Waals surface area contributed by atoms with Crippen LogP contribution in [0, 0.1) is 0 Å². The summed E-state index contributed by atoms with van der Waals surface area (Å²) in [5.41, 5.74) is 0.959. The van der Waals surface area contributed by atoms with Crippen molar-refractivity contribution in [3.8, 4) is 34.4 Å². The Hall–Kier alpha value is -3.68. The number of ketones is 2. The Morgan fingerprint density at radius 1 is 0.733 bits per heavy atom. The van der Waals surface area contributed by atoms with E-state index in [9.17, 15) is 30.0 Å². The van der Waals surface area contributed by atoms with Gasteiger partial charge in [-0.1, -0.05) is 0 Å². The van der Waals surface area contributed by atoms with Crippen LogP contribution in [0.25, 0.3) is 34.4 Å². The number of aromatic hydroxyl groups is 4. The van der Waals surface area contributed by atoms with Crippen molar-refractivity contribution in [2.24, 2.45) is 0 Å². The zero-order valence-corrected chi connectivity index (χ0v) is 17.0. The van der Waals surface area contributed by atoms with Gasteiger partial charge in [-0.15, -0.1) is 0 Å². The van der Waals surface area contributed by atoms with E-state index in [-0.39, 0.29) is 51.7 Å². The number of phenols is 2. The fourth-order valence-corrected chi connectivity index (χ4v) is 4.14. The van der Waals surface area contributed by atoms with E-state index < -0.39 is 11.6 Å². The molecule has 1 aromatic carbocycles. The van der Waals surface area contributed by atoms with E-state index >= 15 is 0 Å². The van der Waals surface area contributed by atoms with Gasteiger partial charge in [-0.3, -0.25) is 9.59 Å². The molecule has 0 atom stereocenters. The normalized spacial score (nSPS) is 13.8. The van der Waals surface area contributed by atoms with Gasteiger partial charge >= 0.3 is 0 Å². The molecule has 1 aliphatic rings. The minimum atomic E-state index is -0.728. The van der Waals surface area contributed by atoms with E-state index in [0.29, 0.717) is 16.3 Å². The summed E-state index contributed by atoms with van der Waals surface area (Å²) in [7, 11) is 0. The molecule has 0 radical (unpaired) electrons. The first kappa shape index (κ1) is 19.6. The van der Waals surface area contributed by atoms with Crippen molar-refractivity contribution >= 4 is 34.6 Å². The maximum atomic E-state index is 12.0. The predicted octanol–water partition coefficient (Wildman–Crippen LogP) is 1.81. The molecule has 0 saturated carbocycles. The molecule has 30 heavy (non-hydrogen) atoms. The summed E-state index contributed by atoms with van der Waals surface area (Å²) in [6.45, 7) is 7.46. The smallest absolute Gasteiger partial charge is 0.227 e. The van der Waals surface area contributed by atoms with Crippen LogP contribution in [0.3, 0.4) is 0 Å². The molecule has 0 spiro atoms. The Bertz CT molecular complexity index is 1370. The SMILES string of the molecule is CC(C)n1c(-c2c(O)c3cc(O)c(O)cc3n2C(C)C)c(O)c2c1=CC(=O)C(=O)C=2. The molecule has 0 unspecified atom stereocenters. The second kappa shape index (κ2) is 6.41. The molecule has 0 aliphatic heterocycles. The Labute approximate surface area is 171 Å². The quantitative estimate of drug-likeness (QED) is 0.386. The lowest BCUT2D eigenvalue weighted by molar-refractivity contribution is -0.129. The highest BCUT2D eigenvalue weighted by atomic mass is 16.3. The summed E-state index contributed by atoms with van der Waals surface area (Å²) in [6, 6.07) is 2.18. The van der Waals surface area contributed by atoms with Crippen LogP contribution in [0.2, 0.25) is 0 Å². The third-order valence-corrected chi connectivity index (χ3v) is 5.37. The van der Waals surface area contributed by atoms with Gasteiger partial charge in [-0.25, -0.2) is 0 Å². The first-order valence-electron chi connectivity index (χ1n) is 9.58. The Balaban J connectivity index is 2.25. The van der Waals surface area contributed by atoms with Crippen LogP contribution < -0.4 is 10.6 Å². The lowest BCUT2D eigenvalue weighted by Gasteiger charge is -2.19. The van der Waals surface area contributed by atoms with Crippen LogP contribution >= 0.6 is 0 Å². The highest BCUT2D eigenvalue weighted by Gasteiger charge is 2.30. The molecule has 2 aromatic heterocycles. The van der Waals surface area contributed by atoms with Crippen molar-refractivity contribution in [1.82, 2.24) is 9.13 Å². The van der Waals surface area contributed by atoms with Gasteiger partial charge in [-0.2, -0.15) is 0 Å². The summed E-state index contributed by atoms with van der Waals surface area (Å²) in [5.74, 6) is -2.56. The Kier molecular flexibility index (Phi) is 4.20. The summed E-state index contributed by atoms with van der Waals surface area (Å²) in [5, 5.41) is 43.0. The molecule has 0 bridgehead atoms. The fraction of sp³-hybridized carbons (Fsp3) is 0.273. The molecular formula is C22H22N2O6. The summed E-state index contributed by atoms with van der Waals surface area (Å²) >= 11 is 0. The van der Waals surface area contributed by atoms with Gasteiger partial charge < -0.3 is 29.6 Å². The average molecular weight is 410 g/mol. The number of carbonyl (C=O) groups is 2. The van der Waals surface area contributed by atoms with E-state index in [1.807, 2.05) is 27.7 Å². The molecule has 0 amide bonds. The Morgan fingerprint density at radius 2 is 1.27 bits per heavy atom. The molecule has 1 aliphatic carbocycles. The van der Waals surface area contributed by atoms with Crippen molar-refractivity contribution < 1.29 is 30.0 Å². The van der Waals surface area contributed by atoms with Crippen molar-refractivity contribution in [1.29, 1.82) is 0 Å². The zero-order valence-electron chi connectivity index (χ0n) is 17.0. The van der Waals surface area contributed by atoms with E-state index in [2.05, 4.69) is 0 Å². The van der Waals surface area contributed by atoms with Gasteiger partial charge in [0, 0.05) is 40.9 Å². The summed E-state index contributed by atoms with van der Waals surface area (Å²) < 4.78 is 3.42. The van der Waals surface area contributed by atoms with E-state index in [1.165, 1.54) is 18.2 Å². The molecule has 3 aromatic rings. The summed E-state index contributed by atoms with van der Waals surface area (Å²) in [6.07, 6.45) is 2.30. The number of carbonyl (C=O) groups excluding carboxylic acids is 2. The highest BCUT2D eigenvalue weighted by molar-refractivity contribution is 6.57. The van der Waals surface area contributed by atoms with Gasteiger partial charge in [0.25, 0.3) is 0 Å². The van der Waals surface area contributed by atoms with Crippen LogP contribution in [-0.2, 0) is 9.59 Å². The lowest BCUT2D eigenvalue weighted by atomic mass is 10.1. The summed E-state index contributed by atoms with van der Waals surface area (Å²) in [4.78, 5) is 23.9. The second-order valence-corrected chi connectivity index (χ2v) is 8.00. The van der Waals surface area contributed by atoms with Crippen molar-refractivity contribution in [3.63, 3.8) is 0 Å². The molecule has 156 valence electrons. The first-order chi connectivity index (χ1) is 14.0. The van der Waals surface area contributed by atoms with Crippen LogP contribution in [0.1, 0.15) is 39.8 Å². The number of hydrogen-bond acceptors (Lipinski definition) is 6. The minimum absolute atomic E-state index is 0.196. The molecular weight excluding hydrogens is 388 g/mol. The number of Topliss-reactive ketones (excluding diaryl/α,β-unsaturated/α-hetero) is 2. The maximum absolute atomic E-state index is 12.0. The number of fused-ring (bicyclic) bond motifs is 2. The standard InChI is InChI=1S/C22H22N2O6/c1-9(2)23-13-7-17(27)15(25)5-11(13)21(29)19(23)20-22(30)12-6-16(26)18(28)8-14(12)24(20)10(3)4/h5-10,25,27,29-30H,1-4H3. The lowest BCUT2D eigenvalue weighted by Crippen LogP contribution is -2.37. The van der Waals surface area contributed by atoms with Crippen molar-refractivity contribution in [2.75, 3.05) is 0 Å². The number of hydrogen-bond donors (Lipinski definition) is 4. The fourth-order valence-electron chi connectivity index (χ4n) is 4.14. The third kappa shape index (κ3) is 2.53. The topological polar surface area (TPSA) is 125 Å². The molecule has 0 saturated heterocycles. The number of rotatable bonds is 3. The van der Waals surface area contributed by atoms with Crippen molar-refractivity contribution in [3.05, 3.63) is 22.7 Å². The van der Waals surface area contributed by atoms with Gasteiger partial charge in [0.2, 0.25) is 11.6 Å². The van der Waals surface area contributed by atoms with Crippen LogP contribution in [-0.4, -0.2) is 41.1 Å². The van der Waals surface area contributed by atoms with Gasteiger partial charge in [-0.05, 0) is 33.8 Å². The van der Waals surface area contributed by atoms with Gasteiger partial charge in [0.05, 0.1) is 10.9 Å². The highest BCUT2D eigenvalue weighted by Crippen LogP contribution is 2.46. The molecule has 0 fully saturated rings. The number of benzene rings is 1. The van der Waals surface area contributed by atoms with E-state index in [0.717, 1.165) is 6.08 Å². The van der Waals surface area contributed by atoms with Crippen molar-refractivity contribution in [2.45, 2.75) is 39.8 Å². The average Bonchev–Trinajstić information content (AvgIpc) is 3.08. The largest absolute Gasteiger partial charge is 0.505 e. The van der Waals surface area contributed by atoms with Gasteiger partial charge in [0.1, 0.15) is 11.4 Å². The monoisotopic (exact) mass is 410 g/mol. The molecule has 2 heterocycles. The van der Waals surface area contributed by atoms with Crippen LogP contribution in [0.5, 0.6) is 23.0 Å². The maximum Gasteiger partial charge on any atom is 0.227 e. The zero-order chi connectivity index (χ0) is 22.1. The van der Waals surface area contributed by atoms with Gasteiger partial charge in [0.15, 0.2) is 23.0 Å².